The molecule has 2 heterocycles. The van der Waals surface area contributed by atoms with Gasteiger partial charge in [0.1, 0.15) is 0 Å². The second kappa shape index (κ2) is 7.67. The van der Waals surface area contributed by atoms with Crippen LogP contribution in [0, 0.1) is 0 Å². The predicted octanol–water partition coefficient (Wildman–Crippen LogP) is 4.56. The molecule has 0 radical (unpaired) electrons. The van der Waals surface area contributed by atoms with Crippen LogP contribution in [0.4, 0.5) is 18.9 Å². The van der Waals surface area contributed by atoms with Gasteiger partial charge in [0.15, 0.2) is 11.5 Å². The Balaban J connectivity index is 1.70. The first kappa shape index (κ1) is 21.9. The number of carbonyl (C=O) groups is 1. The number of ether oxygens (including phenoxy) is 2. The summed E-state index contributed by atoms with van der Waals surface area (Å²) in [5.41, 5.74) is -3.93. The molecule has 168 valence electrons. The highest BCUT2D eigenvalue weighted by molar-refractivity contribution is 6.04. The van der Waals surface area contributed by atoms with Gasteiger partial charge in [-0.25, -0.2) is 0 Å². The standard InChI is InChI=1S/C23H21F3N2O4/c1-21(2,15-7-3-10-18-19(15)32-13-31-18)12-22(30,23(24,25)26)20(29)28-17-9-4-8-16-14(17)6-5-11-27-16/h3-11,30H,12-13H2,1-2H3,(H,28,29). The summed E-state index contributed by atoms with van der Waals surface area (Å²) in [5, 5.41) is 13.5. The highest BCUT2D eigenvalue weighted by Crippen LogP contribution is 2.47. The number of amides is 1. The molecule has 0 fully saturated rings. The molecule has 9 heteroatoms. The van der Waals surface area contributed by atoms with Crippen molar-refractivity contribution in [2.75, 3.05) is 12.1 Å². The van der Waals surface area contributed by atoms with Gasteiger partial charge in [0.25, 0.3) is 5.91 Å². The number of nitrogens with one attached hydrogen (secondary N) is 1. The second-order valence-corrected chi connectivity index (χ2v) is 8.29. The number of fused-ring (bicyclic) bond motifs is 2. The zero-order chi connectivity index (χ0) is 23.1. The lowest BCUT2D eigenvalue weighted by Crippen LogP contribution is -2.57. The van der Waals surface area contributed by atoms with Crippen molar-refractivity contribution in [3.05, 3.63) is 60.3 Å². The van der Waals surface area contributed by atoms with Crippen molar-refractivity contribution in [2.45, 2.75) is 37.5 Å². The van der Waals surface area contributed by atoms with Crippen LogP contribution in [0.1, 0.15) is 25.8 Å². The van der Waals surface area contributed by atoms with E-state index in [0.29, 0.717) is 28.0 Å². The molecule has 0 saturated carbocycles. The minimum Gasteiger partial charge on any atom is -0.454 e. The number of anilines is 1. The summed E-state index contributed by atoms with van der Waals surface area (Å²) < 4.78 is 53.1. The molecule has 0 saturated heterocycles. The molecule has 4 rings (SSSR count). The van der Waals surface area contributed by atoms with Gasteiger partial charge in [-0.1, -0.05) is 32.0 Å². The monoisotopic (exact) mass is 446 g/mol. The summed E-state index contributed by atoms with van der Waals surface area (Å²) in [4.78, 5) is 17.0. The highest BCUT2D eigenvalue weighted by Gasteiger charge is 2.61. The minimum atomic E-state index is -5.23. The Morgan fingerprint density at radius 2 is 1.84 bits per heavy atom. The van der Waals surface area contributed by atoms with Crippen LogP contribution >= 0.6 is 0 Å². The first-order valence-corrected chi connectivity index (χ1v) is 9.86. The van der Waals surface area contributed by atoms with Gasteiger partial charge >= 0.3 is 6.18 Å². The number of aromatic nitrogens is 1. The van der Waals surface area contributed by atoms with E-state index in [4.69, 9.17) is 9.47 Å². The van der Waals surface area contributed by atoms with Crippen LogP contribution in [-0.2, 0) is 10.2 Å². The highest BCUT2D eigenvalue weighted by atomic mass is 19.4. The number of aliphatic hydroxyl groups is 1. The van der Waals surface area contributed by atoms with Gasteiger partial charge in [-0.3, -0.25) is 9.78 Å². The fraction of sp³-hybridized carbons (Fsp3) is 0.304. The maximum atomic E-state index is 14.1. The molecule has 1 aliphatic heterocycles. The Morgan fingerprint density at radius 1 is 1.09 bits per heavy atom. The van der Waals surface area contributed by atoms with Crippen LogP contribution in [0.15, 0.2) is 54.7 Å². The molecule has 6 nitrogen and oxygen atoms in total. The molecule has 0 aliphatic carbocycles. The van der Waals surface area contributed by atoms with Gasteiger partial charge in [-0.15, -0.1) is 0 Å². The molecule has 1 atom stereocenters. The number of para-hydroxylation sites is 1. The van der Waals surface area contributed by atoms with Gasteiger partial charge < -0.3 is 19.9 Å². The van der Waals surface area contributed by atoms with E-state index < -0.39 is 29.5 Å². The Morgan fingerprint density at radius 3 is 2.59 bits per heavy atom. The third-order valence-corrected chi connectivity index (χ3v) is 5.56. The molecule has 0 bridgehead atoms. The van der Waals surface area contributed by atoms with Gasteiger partial charge in [0, 0.05) is 23.6 Å². The maximum Gasteiger partial charge on any atom is 0.426 e. The number of alkyl halides is 3. The Labute approximate surface area is 182 Å². The number of hydrogen-bond donors (Lipinski definition) is 2. The van der Waals surface area contributed by atoms with Gasteiger partial charge in [0.2, 0.25) is 12.4 Å². The number of rotatable bonds is 5. The smallest absolute Gasteiger partial charge is 0.426 e. The number of halogens is 3. The molecule has 2 aromatic carbocycles. The van der Waals surface area contributed by atoms with Crippen LogP contribution in [0.3, 0.4) is 0 Å². The molecular formula is C23H21F3N2O4. The van der Waals surface area contributed by atoms with Crippen molar-refractivity contribution < 1.29 is 32.5 Å². The lowest BCUT2D eigenvalue weighted by molar-refractivity contribution is -0.254. The molecule has 1 aliphatic rings. The van der Waals surface area contributed by atoms with E-state index in [1.165, 1.54) is 26.1 Å². The number of carbonyl (C=O) groups excluding carboxylic acids is 1. The zero-order valence-electron chi connectivity index (χ0n) is 17.4. The van der Waals surface area contributed by atoms with Gasteiger partial charge in [0.05, 0.1) is 11.2 Å². The quantitative estimate of drug-likeness (QED) is 0.601. The fourth-order valence-corrected chi connectivity index (χ4v) is 3.95. The summed E-state index contributed by atoms with van der Waals surface area (Å²) in [6.07, 6.45) is -4.63. The third-order valence-electron chi connectivity index (χ3n) is 5.56. The SMILES string of the molecule is CC(C)(CC(O)(C(=O)Nc1cccc2ncccc12)C(F)(F)F)c1cccc2c1OCO2. The summed E-state index contributed by atoms with van der Waals surface area (Å²) in [5.74, 6) is -0.861. The fourth-order valence-electron chi connectivity index (χ4n) is 3.95. The Hall–Kier alpha value is -3.33. The van der Waals surface area contributed by atoms with E-state index in [9.17, 15) is 23.1 Å². The third kappa shape index (κ3) is 3.73. The van der Waals surface area contributed by atoms with E-state index in [1.54, 1.807) is 42.5 Å². The van der Waals surface area contributed by atoms with E-state index >= 15 is 0 Å². The topological polar surface area (TPSA) is 80.7 Å². The lowest BCUT2D eigenvalue weighted by Gasteiger charge is -2.37. The number of pyridine rings is 1. The van der Waals surface area contributed by atoms with Crippen molar-refractivity contribution in [3.63, 3.8) is 0 Å². The molecule has 2 N–H and O–H groups in total. The molecule has 1 unspecified atom stereocenters. The van der Waals surface area contributed by atoms with Crippen LogP contribution in [0.5, 0.6) is 11.5 Å². The van der Waals surface area contributed by atoms with Crippen molar-refractivity contribution in [2.24, 2.45) is 0 Å². The summed E-state index contributed by atoms with van der Waals surface area (Å²) in [6, 6.07) is 12.8. The first-order valence-electron chi connectivity index (χ1n) is 9.86. The molecule has 32 heavy (non-hydrogen) atoms. The van der Waals surface area contributed by atoms with Gasteiger partial charge in [-0.05, 0) is 35.7 Å². The zero-order valence-corrected chi connectivity index (χ0v) is 17.4. The second-order valence-electron chi connectivity index (χ2n) is 8.29. The molecule has 3 aromatic rings. The maximum absolute atomic E-state index is 14.1. The van der Waals surface area contributed by atoms with Gasteiger partial charge in [-0.2, -0.15) is 13.2 Å². The van der Waals surface area contributed by atoms with E-state index in [-0.39, 0.29) is 12.5 Å². The van der Waals surface area contributed by atoms with Crippen molar-refractivity contribution in [1.29, 1.82) is 0 Å². The summed E-state index contributed by atoms with van der Waals surface area (Å²) in [7, 11) is 0. The summed E-state index contributed by atoms with van der Waals surface area (Å²) >= 11 is 0. The minimum absolute atomic E-state index is 0.0540. The lowest BCUT2D eigenvalue weighted by atomic mass is 9.74. The number of hydrogen-bond acceptors (Lipinski definition) is 5. The van der Waals surface area contributed by atoms with E-state index in [1.807, 2.05) is 0 Å². The molecule has 0 spiro atoms. The number of benzene rings is 2. The predicted molar refractivity (Wildman–Crippen MR) is 112 cm³/mol. The average Bonchev–Trinajstić information content (AvgIpc) is 3.21. The van der Waals surface area contributed by atoms with Crippen LogP contribution in [0.2, 0.25) is 0 Å². The summed E-state index contributed by atoms with van der Waals surface area (Å²) in [6.45, 7) is 2.97. The van der Waals surface area contributed by atoms with Crippen molar-refractivity contribution in [1.82, 2.24) is 4.98 Å². The van der Waals surface area contributed by atoms with Crippen LogP contribution in [0.25, 0.3) is 10.9 Å². The normalized spacial score (nSPS) is 15.4. The Kier molecular flexibility index (Phi) is 5.24. The van der Waals surface area contributed by atoms with E-state index in [0.717, 1.165) is 0 Å². The Bertz CT molecular complexity index is 1170. The van der Waals surface area contributed by atoms with Crippen molar-refractivity contribution in [3.8, 4) is 11.5 Å². The van der Waals surface area contributed by atoms with Crippen LogP contribution in [-0.4, -0.2) is 34.6 Å². The van der Waals surface area contributed by atoms with Crippen LogP contribution < -0.4 is 14.8 Å². The largest absolute Gasteiger partial charge is 0.454 e. The average molecular weight is 446 g/mol. The molecular weight excluding hydrogens is 425 g/mol. The van der Waals surface area contributed by atoms with E-state index in [2.05, 4.69) is 10.3 Å². The molecule has 1 aromatic heterocycles. The first-order chi connectivity index (χ1) is 15.0. The molecule has 1 amide bonds. The number of nitrogens with zero attached hydrogens (tertiary/aromatic N) is 1. The van der Waals surface area contributed by atoms with Crippen molar-refractivity contribution >= 4 is 22.5 Å².